The fraction of sp³-hybridized carbons (Fsp3) is 0.233. The highest BCUT2D eigenvalue weighted by Crippen LogP contribution is 2.34. The van der Waals surface area contributed by atoms with Gasteiger partial charge in [-0.3, -0.25) is 19.9 Å². The van der Waals surface area contributed by atoms with Gasteiger partial charge in [-0.2, -0.15) is 5.10 Å². The Morgan fingerprint density at radius 2 is 1.85 bits per heavy atom. The normalized spacial score (nSPS) is 14.3. The van der Waals surface area contributed by atoms with Gasteiger partial charge in [0, 0.05) is 58.0 Å². The summed E-state index contributed by atoms with van der Waals surface area (Å²) in [5.74, 6) is 0.534. The lowest BCUT2D eigenvalue weighted by atomic mass is 9.87. The summed E-state index contributed by atoms with van der Waals surface area (Å²) in [5.41, 5.74) is 7.47. The van der Waals surface area contributed by atoms with Crippen molar-refractivity contribution in [2.24, 2.45) is 5.92 Å². The van der Waals surface area contributed by atoms with Crippen molar-refractivity contribution in [2.45, 2.75) is 38.5 Å². The largest absolute Gasteiger partial charge is 0.472 e. The standard InChI is InChI=1S/C30H27N7O2/c38-27(10-18-4-2-1-3-5-18)34-22-11-20(14-31-16-22)21-12-24-29(36-37-30(24)33-15-21)26-13-23-25(35-26)6-8-32-28(23)19-7-9-39-17-19/h6-9,11-18,35H,1-5,10H2,(H,34,38)(H,33,36,37). The zero-order valence-electron chi connectivity index (χ0n) is 21.3. The van der Waals surface area contributed by atoms with Crippen molar-refractivity contribution >= 4 is 33.5 Å². The molecule has 3 N–H and O–H groups in total. The van der Waals surface area contributed by atoms with Crippen molar-refractivity contribution in [1.82, 2.24) is 30.1 Å². The average Bonchev–Trinajstić information content (AvgIpc) is 3.73. The number of hydrogen-bond acceptors (Lipinski definition) is 6. The van der Waals surface area contributed by atoms with Crippen LogP contribution in [0.2, 0.25) is 0 Å². The first-order valence-electron chi connectivity index (χ1n) is 13.3. The molecule has 9 nitrogen and oxygen atoms in total. The topological polar surface area (TPSA) is 125 Å². The maximum Gasteiger partial charge on any atom is 0.224 e. The van der Waals surface area contributed by atoms with Gasteiger partial charge in [-0.1, -0.05) is 19.3 Å². The number of H-pyrrole nitrogens is 2. The minimum absolute atomic E-state index is 0.0506. The van der Waals surface area contributed by atoms with E-state index in [1.165, 1.54) is 19.3 Å². The first-order valence-corrected chi connectivity index (χ1v) is 13.3. The highest BCUT2D eigenvalue weighted by atomic mass is 16.3. The third-order valence-corrected chi connectivity index (χ3v) is 7.57. The molecule has 0 radical (unpaired) electrons. The molecule has 1 amide bonds. The zero-order valence-corrected chi connectivity index (χ0v) is 21.3. The number of furan rings is 1. The van der Waals surface area contributed by atoms with Crippen LogP contribution >= 0.6 is 0 Å². The third-order valence-electron chi connectivity index (χ3n) is 7.57. The fourth-order valence-corrected chi connectivity index (χ4v) is 5.61. The predicted octanol–water partition coefficient (Wildman–Crippen LogP) is 6.73. The third kappa shape index (κ3) is 4.56. The van der Waals surface area contributed by atoms with E-state index in [0.717, 1.165) is 62.9 Å². The molecular formula is C30H27N7O2. The maximum absolute atomic E-state index is 12.7. The molecule has 1 fully saturated rings. The number of aromatic amines is 2. The molecule has 6 heterocycles. The molecule has 0 saturated heterocycles. The number of hydrogen-bond donors (Lipinski definition) is 3. The van der Waals surface area contributed by atoms with Crippen LogP contribution in [0.5, 0.6) is 0 Å². The quantitative estimate of drug-likeness (QED) is 0.225. The number of aromatic nitrogens is 6. The zero-order chi connectivity index (χ0) is 26.2. The first-order chi connectivity index (χ1) is 19.2. The van der Waals surface area contributed by atoms with Crippen molar-refractivity contribution < 1.29 is 9.21 Å². The molecule has 0 aliphatic heterocycles. The SMILES string of the molecule is O=C(CC1CCCCC1)Nc1cncc(-c2cnc3[nH]nc(-c4cc5c(-c6ccoc6)nccc5[nH]4)c3c2)c1. The molecule has 0 bridgehead atoms. The number of nitrogens with one attached hydrogen (secondary N) is 3. The molecule has 194 valence electrons. The smallest absolute Gasteiger partial charge is 0.224 e. The van der Waals surface area contributed by atoms with Gasteiger partial charge in [-0.25, -0.2) is 4.98 Å². The number of fused-ring (bicyclic) bond motifs is 2. The Bertz CT molecular complexity index is 1780. The van der Waals surface area contributed by atoms with Crippen LogP contribution in [0.3, 0.4) is 0 Å². The van der Waals surface area contributed by atoms with E-state index in [1.807, 2.05) is 24.3 Å². The molecule has 0 spiro atoms. The Balaban J connectivity index is 1.19. The molecule has 0 unspecified atom stereocenters. The molecular weight excluding hydrogens is 490 g/mol. The summed E-state index contributed by atoms with van der Waals surface area (Å²) in [6.45, 7) is 0. The number of amides is 1. The lowest BCUT2D eigenvalue weighted by Crippen LogP contribution is -2.18. The van der Waals surface area contributed by atoms with Crippen LogP contribution in [-0.2, 0) is 4.79 Å². The van der Waals surface area contributed by atoms with Crippen LogP contribution < -0.4 is 5.32 Å². The van der Waals surface area contributed by atoms with Gasteiger partial charge in [0.15, 0.2) is 5.65 Å². The summed E-state index contributed by atoms with van der Waals surface area (Å²) < 4.78 is 5.27. The molecule has 1 aliphatic carbocycles. The second-order valence-corrected chi connectivity index (χ2v) is 10.2. The molecule has 1 saturated carbocycles. The monoisotopic (exact) mass is 517 g/mol. The number of rotatable bonds is 6. The van der Waals surface area contributed by atoms with Crippen LogP contribution in [0.25, 0.3) is 55.7 Å². The molecule has 0 atom stereocenters. The van der Waals surface area contributed by atoms with E-state index in [1.54, 1.807) is 37.3 Å². The Morgan fingerprint density at radius 3 is 2.72 bits per heavy atom. The lowest BCUT2D eigenvalue weighted by molar-refractivity contribution is -0.117. The number of anilines is 1. The molecule has 1 aliphatic rings. The predicted molar refractivity (Wildman–Crippen MR) is 150 cm³/mol. The van der Waals surface area contributed by atoms with Crippen molar-refractivity contribution in [3.8, 4) is 33.8 Å². The Labute approximate surface area is 224 Å². The van der Waals surface area contributed by atoms with Crippen LogP contribution in [0.15, 0.2) is 72.1 Å². The number of pyridine rings is 3. The molecule has 6 aromatic heterocycles. The minimum atomic E-state index is 0.0506. The Morgan fingerprint density at radius 1 is 0.949 bits per heavy atom. The molecule has 7 rings (SSSR count). The summed E-state index contributed by atoms with van der Waals surface area (Å²) in [6, 6.07) is 9.89. The van der Waals surface area contributed by atoms with E-state index in [9.17, 15) is 4.79 Å². The summed E-state index contributed by atoms with van der Waals surface area (Å²) in [7, 11) is 0. The van der Waals surface area contributed by atoms with Gasteiger partial charge in [0.1, 0.15) is 5.69 Å². The Kier molecular flexibility index (Phi) is 5.88. The van der Waals surface area contributed by atoms with Gasteiger partial charge < -0.3 is 14.7 Å². The molecule has 9 heteroatoms. The van der Waals surface area contributed by atoms with Crippen molar-refractivity contribution in [3.63, 3.8) is 0 Å². The number of carbonyl (C=O) groups excluding carboxylic acids is 1. The molecule has 39 heavy (non-hydrogen) atoms. The fourth-order valence-electron chi connectivity index (χ4n) is 5.61. The van der Waals surface area contributed by atoms with Crippen molar-refractivity contribution in [2.75, 3.05) is 5.32 Å². The second kappa shape index (κ2) is 9.83. The van der Waals surface area contributed by atoms with E-state index in [-0.39, 0.29) is 5.91 Å². The van der Waals surface area contributed by atoms with E-state index in [0.29, 0.717) is 23.7 Å². The second-order valence-electron chi connectivity index (χ2n) is 10.2. The summed E-state index contributed by atoms with van der Waals surface area (Å²) in [5, 5.41) is 12.5. The molecule has 0 aromatic carbocycles. The summed E-state index contributed by atoms with van der Waals surface area (Å²) in [4.78, 5) is 29.7. The highest BCUT2D eigenvalue weighted by Gasteiger charge is 2.18. The summed E-state index contributed by atoms with van der Waals surface area (Å²) >= 11 is 0. The van der Waals surface area contributed by atoms with Crippen LogP contribution in [0.4, 0.5) is 5.69 Å². The minimum Gasteiger partial charge on any atom is -0.472 e. The van der Waals surface area contributed by atoms with Gasteiger partial charge in [0.25, 0.3) is 0 Å². The lowest BCUT2D eigenvalue weighted by Gasteiger charge is -2.20. The van der Waals surface area contributed by atoms with Crippen LogP contribution in [0, 0.1) is 5.92 Å². The molecule has 6 aromatic rings. The van der Waals surface area contributed by atoms with Crippen LogP contribution in [0.1, 0.15) is 38.5 Å². The van der Waals surface area contributed by atoms with Gasteiger partial charge in [-0.15, -0.1) is 0 Å². The van der Waals surface area contributed by atoms with Crippen molar-refractivity contribution in [1.29, 1.82) is 0 Å². The summed E-state index contributed by atoms with van der Waals surface area (Å²) in [6.07, 6.45) is 17.0. The maximum atomic E-state index is 12.7. The highest BCUT2D eigenvalue weighted by molar-refractivity contribution is 6.00. The first kappa shape index (κ1) is 23.3. The van der Waals surface area contributed by atoms with Gasteiger partial charge in [-0.05, 0) is 49.1 Å². The van der Waals surface area contributed by atoms with Crippen LogP contribution in [-0.4, -0.2) is 36.0 Å². The number of nitrogens with zero attached hydrogens (tertiary/aromatic N) is 4. The van der Waals surface area contributed by atoms with E-state index >= 15 is 0 Å². The van der Waals surface area contributed by atoms with Crippen molar-refractivity contribution in [3.05, 3.63) is 67.6 Å². The Hall–Kier alpha value is -4.79. The van der Waals surface area contributed by atoms with Gasteiger partial charge in [0.05, 0.1) is 35.8 Å². The number of carbonyl (C=O) groups is 1. The average molecular weight is 518 g/mol. The van der Waals surface area contributed by atoms with Gasteiger partial charge in [0.2, 0.25) is 5.91 Å². The van der Waals surface area contributed by atoms with E-state index in [4.69, 9.17) is 4.42 Å². The van der Waals surface area contributed by atoms with E-state index < -0.39 is 0 Å². The van der Waals surface area contributed by atoms with E-state index in [2.05, 4.69) is 41.5 Å². The van der Waals surface area contributed by atoms with Gasteiger partial charge >= 0.3 is 0 Å².